The highest BCUT2D eigenvalue weighted by Gasteiger charge is 2.32. The van der Waals surface area contributed by atoms with Crippen LogP contribution in [0.25, 0.3) is 0 Å². The van der Waals surface area contributed by atoms with Gasteiger partial charge in [-0.3, -0.25) is 4.79 Å². The predicted octanol–water partition coefficient (Wildman–Crippen LogP) is 0.451. The summed E-state index contributed by atoms with van der Waals surface area (Å²) in [5.74, 6) is -0.274. The third-order valence-electron chi connectivity index (χ3n) is 3.40. The Morgan fingerprint density at radius 1 is 1.37 bits per heavy atom. The van der Waals surface area contributed by atoms with E-state index in [9.17, 15) is 15.0 Å². The summed E-state index contributed by atoms with van der Waals surface area (Å²) in [5.41, 5.74) is -0.503. The molecule has 1 aliphatic heterocycles. The average molecular weight is 276 g/mol. The summed E-state index contributed by atoms with van der Waals surface area (Å²) in [7, 11) is 0. The van der Waals surface area contributed by atoms with Crippen molar-refractivity contribution in [3.05, 3.63) is 0 Å². The van der Waals surface area contributed by atoms with Gasteiger partial charge in [0.15, 0.2) is 6.29 Å². The summed E-state index contributed by atoms with van der Waals surface area (Å²) in [5, 5.41) is 19.0. The van der Waals surface area contributed by atoms with Crippen LogP contribution >= 0.6 is 0 Å². The van der Waals surface area contributed by atoms with Crippen LogP contribution in [0.5, 0.6) is 0 Å². The van der Waals surface area contributed by atoms with Gasteiger partial charge in [0.2, 0.25) is 0 Å². The van der Waals surface area contributed by atoms with Crippen LogP contribution in [0.15, 0.2) is 0 Å². The Bertz CT molecular complexity index is 291. The summed E-state index contributed by atoms with van der Waals surface area (Å²) in [4.78, 5) is 11.7. The molecule has 0 aliphatic carbocycles. The van der Waals surface area contributed by atoms with Crippen molar-refractivity contribution < 1.29 is 29.2 Å². The van der Waals surface area contributed by atoms with Crippen molar-refractivity contribution in [2.75, 3.05) is 19.8 Å². The second kappa shape index (κ2) is 7.19. The number of rotatable bonds is 6. The molecule has 0 bridgehead atoms. The van der Waals surface area contributed by atoms with E-state index >= 15 is 0 Å². The molecular formula is C13H24O6. The van der Waals surface area contributed by atoms with Gasteiger partial charge in [-0.15, -0.1) is 0 Å². The maximum Gasteiger partial charge on any atom is 0.311 e. The first-order chi connectivity index (χ1) is 8.88. The van der Waals surface area contributed by atoms with Crippen LogP contribution in [0.4, 0.5) is 0 Å². The lowest BCUT2D eigenvalue weighted by Crippen LogP contribution is -2.46. The van der Waals surface area contributed by atoms with Crippen LogP contribution in [0.3, 0.4) is 0 Å². The van der Waals surface area contributed by atoms with E-state index in [0.717, 1.165) is 0 Å². The molecule has 0 spiro atoms. The zero-order valence-corrected chi connectivity index (χ0v) is 11.8. The maximum absolute atomic E-state index is 11.7. The van der Waals surface area contributed by atoms with Crippen LogP contribution in [0.2, 0.25) is 0 Å². The molecule has 19 heavy (non-hydrogen) atoms. The number of aliphatic hydroxyl groups is 2. The molecule has 3 atom stereocenters. The Morgan fingerprint density at radius 2 is 2.05 bits per heavy atom. The van der Waals surface area contributed by atoms with Gasteiger partial charge in [-0.05, 0) is 26.7 Å². The lowest BCUT2D eigenvalue weighted by Gasteiger charge is -2.31. The summed E-state index contributed by atoms with van der Waals surface area (Å²) >= 11 is 0. The molecular weight excluding hydrogens is 252 g/mol. The Kier molecular flexibility index (Phi) is 6.19. The van der Waals surface area contributed by atoms with Gasteiger partial charge in [-0.25, -0.2) is 0 Å². The number of ether oxygens (including phenoxy) is 3. The molecule has 0 amide bonds. The number of hydrogen-bond donors (Lipinski definition) is 2. The van der Waals surface area contributed by atoms with Gasteiger partial charge in [-0.2, -0.15) is 0 Å². The van der Waals surface area contributed by atoms with E-state index in [-0.39, 0.29) is 19.2 Å². The Hall–Kier alpha value is -0.690. The molecule has 2 N–H and O–H groups in total. The van der Waals surface area contributed by atoms with E-state index < -0.39 is 23.9 Å². The van der Waals surface area contributed by atoms with Crippen LogP contribution in [-0.2, 0) is 19.0 Å². The minimum atomic E-state index is -1.06. The third-order valence-corrected chi connectivity index (χ3v) is 3.40. The number of carbonyl (C=O) groups excluding carboxylic acids is 1. The molecule has 3 unspecified atom stereocenters. The van der Waals surface area contributed by atoms with Crippen molar-refractivity contribution >= 4 is 5.97 Å². The predicted molar refractivity (Wildman–Crippen MR) is 67.4 cm³/mol. The van der Waals surface area contributed by atoms with Crippen molar-refractivity contribution in [1.82, 2.24) is 0 Å². The quantitative estimate of drug-likeness (QED) is 0.541. The normalized spacial score (nSPS) is 28.2. The first-order valence-corrected chi connectivity index (χ1v) is 6.65. The highest BCUT2D eigenvalue weighted by atomic mass is 16.7. The van der Waals surface area contributed by atoms with Crippen LogP contribution < -0.4 is 0 Å². The first-order valence-electron chi connectivity index (χ1n) is 6.65. The van der Waals surface area contributed by atoms with E-state index in [2.05, 4.69) is 0 Å². The lowest BCUT2D eigenvalue weighted by molar-refractivity contribution is -0.245. The molecule has 6 nitrogen and oxygen atoms in total. The third kappa shape index (κ3) is 4.72. The number of hydrogen-bond acceptors (Lipinski definition) is 6. The first kappa shape index (κ1) is 16.4. The molecule has 0 saturated carbocycles. The number of esters is 1. The summed E-state index contributed by atoms with van der Waals surface area (Å²) < 4.78 is 15.5. The van der Waals surface area contributed by atoms with E-state index in [4.69, 9.17) is 14.2 Å². The molecule has 1 heterocycles. The van der Waals surface area contributed by atoms with Gasteiger partial charge in [0.1, 0.15) is 12.7 Å². The topological polar surface area (TPSA) is 85.2 Å². The van der Waals surface area contributed by atoms with Gasteiger partial charge < -0.3 is 24.4 Å². The minimum absolute atomic E-state index is 0.102. The average Bonchev–Trinajstić information content (AvgIpc) is 2.38. The Morgan fingerprint density at radius 3 is 2.68 bits per heavy atom. The Balaban J connectivity index is 2.22. The summed E-state index contributed by atoms with van der Waals surface area (Å²) in [6, 6.07) is 0. The van der Waals surface area contributed by atoms with E-state index in [1.54, 1.807) is 0 Å². The molecule has 0 aromatic rings. The van der Waals surface area contributed by atoms with Crippen molar-refractivity contribution in [2.45, 2.75) is 52.1 Å². The maximum atomic E-state index is 11.7. The molecule has 6 heteroatoms. The zero-order chi connectivity index (χ0) is 14.5. The van der Waals surface area contributed by atoms with Gasteiger partial charge in [-0.1, -0.05) is 6.92 Å². The largest absolute Gasteiger partial charge is 0.463 e. The molecule has 0 aromatic carbocycles. The fourth-order valence-corrected chi connectivity index (χ4v) is 1.54. The summed E-state index contributed by atoms with van der Waals surface area (Å²) in [6.07, 6.45) is -1.66. The summed E-state index contributed by atoms with van der Waals surface area (Å²) in [6.45, 7) is 6.13. The van der Waals surface area contributed by atoms with Crippen LogP contribution in [-0.4, -0.2) is 54.5 Å². The molecule has 0 radical (unpaired) electrons. The van der Waals surface area contributed by atoms with Gasteiger partial charge in [0, 0.05) is 0 Å². The minimum Gasteiger partial charge on any atom is -0.463 e. The van der Waals surface area contributed by atoms with E-state index in [0.29, 0.717) is 19.4 Å². The zero-order valence-electron chi connectivity index (χ0n) is 11.8. The van der Waals surface area contributed by atoms with E-state index in [1.807, 2.05) is 20.8 Å². The van der Waals surface area contributed by atoms with Crippen molar-refractivity contribution in [3.63, 3.8) is 0 Å². The fraction of sp³-hybridized carbons (Fsp3) is 0.923. The Labute approximate surface area is 113 Å². The molecule has 0 aromatic heterocycles. The monoisotopic (exact) mass is 276 g/mol. The molecule has 1 aliphatic rings. The van der Waals surface area contributed by atoms with Crippen molar-refractivity contribution in [2.24, 2.45) is 5.41 Å². The van der Waals surface area contributed by atoms with Crippen molar-refractivity contribution in [1.29, 1.82) is 0 Å². The second-order valence-electron chi connectivity index (χ2n) is 5.33. The molecule has 112 valence electrons. The molecule has 1 fully saturated rings. The smallest absolute Gasteiger partial charge is 0.311 e. The number of carbonyl (C=O) groups is 1. The highest BCUT2D eigenvalue weighted by molar-refractivity contribution is 5.75. The van der Waals surface area contributed by atoms with Gasteiger partial charge >= 0.3 is 5.97 Å². The lowest BCUT2D eigenvalue weighted by atomic mass is 9.91. The van der Waals surface area contributed by atoms with E-state index in [1.165, 1.54) is 0 Å². The van der Waals surface area contributed by atoms with Crippen LogP contribution in [0, 0.1) is 5.41 Å². The SMILES string of the molecule is CCC(C)(C)C(=O)OCCOC1OCCC(O)C1O. The fourth-order valence-electron chi connectivity index (χ4n) is 1.54. The molecule has 1 rings (SSSR count). The second-order valence-corrected chi connectivity index (χ2v) is 5.33. The van der Waals surface area contributed by atoms with Gasteiger partial charge in [0.05, 0.1) is 24.7 Å². The highest BCUT2D eigenvalue weighted by Crippen LogP contribution is 2.21. The van der Waals surface area contributed by atoms with Crippen molar-refractivity contribution in [3.8, 4) is 0 Å². The standard InChI is InChI=1S/C13H24O6/c1-4-13(2,3)12(16)19-8-7-18-11-10(15)9(14)5-6-17-11/h9-11,14-15H,4-8H2,1-3H3. The molecule has 1 saturated heterocycles. The van der Waals surface area contributed by atoms with Crippen LogP contribution in [0.1, 0.15) is 33.6 Å². The number of aliphatic hydroxyl groups excluding tert-OH is 2. The van der Waals surface area contributed by atoms with Gasteiger partial charge in [0.25, 0.3) is 0 Å².